The third-order valence-electron chi connectivity index (χ3n) is 2.75. The standard InChI is InChI=1S/C13H9N3O2/c17-13(18)9-4-1-5-10-11(9)12(16-15-10)8-3-2-6-14-7-8/h1-7H,(H,15,16)(H,17,18). The molecule has 0 aliphatic rings. The number of aromatic carboxylic acids is 1. The molecular weight excluding hydrogens is 230 g/mol. The monoisotopic (exact) mass is 239 g/mol. The van der Waals surface area contributed by atoms with E-state index in [1.807, 2.05) is 6.07 Å². The van der Waals surface area contributed by atoms with Gasteiger partial charge in [-0.15, -0.1) is 0 Å². The number of aromatic amines is 1. The Morgan fingerprint density at radius 2 is 2.11 bits per heavy atom. The molecular formula is C13H9N3O2. The second-order valence-electron chi connectivity index (χ2n) is 3.85. The summed E-state index contributed by atoms with van der Waals surface area (Å²) in [5.41, 5.74) is 2.34. The highest BCUT2D eigenvalue weighted by Crippen LogP contribution is 2.28. The van der Waals surface area contributed by atoms with E-state index in [1.165, 1.54) is 0 Å². The first-order valence-electron chi connectivity index (χ1n) is 5.38. The van der Waals surface area contributed by atoms with Gasteiger partial charge in [-0.05, 0) is 24.3 Å². The maximum Gasteiger partial charge on any atom is 0.336 e. The van der Waals surface area contributed by atoms with Gasteiger partial charge in [-0.25, -0.2) is 4.79 Å². The van der Waals surface area contributed by atoms with Gasteiger partial charge in [0.1, 0.15) is 5.69 Å². The lowest BCUT2D eigenvalue weighted by atomic mass is 10.0. The average molecular weight is 239 g/mol. The van der Waals surface area contributed by atoms with Gasteiger partial charge in [0.2, 0.25) is 0 Å². The van der Waals surface area contributed by atoms with Crippen LogP contribution in [-0.2, 0) is 0 Å². The molecule has 1 aromatic carbocycles. The summed E-state index contributed by atoms with van der Waals surface area (Å²) < 4.78 is 0. The summed E-state index contributed by atoms with van der Waals surface area (Å²) in [7, 11) is 0. The number of carboxylic acids is 1. The summed E-state index contributed by atoms with van der Waals surface area (Å²) in [6.45, 7) is 0. The maximum atomic E-state index is 11.2. The lowest BCUT2D eigenvalue weighted by molar-refractivity contribution is 0.0699. The van der Waals surface area contributed by atoms with E-state index < -0.39 is 5.97 Å². The van der Waals surface area contributed by atoms with Crippen molar-refractivity contribution in [3.05, 3.63) is 48.3 Å². The molecule has 5 heteroatoms. The van der Waals surface area contributed by atoms with Crippen LogP contribution < -0.4 is 0 Å². The molecule has 0 saturated carbocycles. The van der Waals surface area contributed by atoms with Gasteiger partial charge in [0, 0.05) is 23.3 Å². The topological polar surface area (TPSA) is 78.9 Å². The lowest BCUT2D eigenvalue weighted by Gasteiger charge is -2.00. The second-order valence-corrected chi connectivity index (χ2v) is 3.85. The quantitative estimate of drug-likeness (QED) is 0.719. The number of hydrogen-bond acceptors (Lipinski definition) is 3. The smallest absolute Gasteiger partial charge is 0.336 e. The van der Waals surface area contributed by atoms with Crippen LogP contribution >= 0.6 is 0 Å². The molecule has 3 aromatic rings. The zero-order valence-electron chi connectivity index (χ0n) is 9.29. The van der Waals surface area contributed by atoms with Crippen LogP contribution in [0.5, 0.6) is 0 Å². The van der Waals surface area contributed by atoms with Crippen molar-refractivity contribution in [3.8, 4) is 11.3 Å². The fourth-order valence-corrected chi connectivity index (χ4v) is 1.96. The van der Waals surface area contributed by atoms with Crippen LogP contribution in [0.4, 0.5) is 0 Å². The van der Waals surface area contributed by atoms with Crippen molar-refractivity contribution in [1.82, 2.24) is 15.2 Å². The number of aromatic nitrogens is 3. The van der Waals surface area contributed by atoms with Gasteiger partial charge in [0.05, 0.1) is 11.1 Å². The Labute approximate surface area is 102 Å². The Bertz CT molecular complexity index is 719. The summed E-state index contributed by atoms with van der Waals surface area (Å²) in [4.78, 5) is 15.3. The van der Waals surface area contributed by atoms with Crippen molar-refractivity contribution < 1.29 is 9.90 Å². The molecule has 2 aromatic heterocycles. The van der Waals surface area contributed by atoms with Crippen LogP contribution in [0.1, 0.15) is 10.4 Å². The number of benzene rings is 1. The van der Waals surface area contributed by atoms with Gasteiger partial charge in [-0.2, -0.15) is 5.10 Å². The minimum absolute atomic E-state index is 0.236. The molecule has 5 nitrogen and oxygen atoms in total. The third kappa shape index (κ3) is 1.53. The van der Waals surface area contributed by atoms with Crippen LogP contribution in [0, 0.1) is 0 Å². The molecule has 0 aliphatic heterocycles. The van der Waals surface area contributed by atoms with Crippen LogP contribution in [0.3, 0.4) is 0 Å². The Morgan fingerprint density at radius 1 is 1.22 bits per heavy atom. The highest BCUT2D eigenvalue weighted by atomic mass is 16.4. The normalized spacial score (nSPS) is 10.7. The SMILES string of the molecule is O=C(O)c1cccc2[nH]nc(-c3cccnc3)c12. The summed E-state index contributed by atoms with van der Waals surface area (Å²) >= 11 is 0. The average Bonchev–Trinajstić information content (AvgIpc) is 2.83. The molecule has 0 atom stereocenters. The number of fused-ring (bicyclic) bond motifs is 1. The fraction of sp³-hybridized carbons (Fsp3) is 0. The van der Waals surface area contributed by atoms with E-state index in [0.29, 0.717) is 16.6 Å². The number of carboxylic acid groups (broad SMARTS) is 1. The molecule has 2 heterocycles. The van der Waals surface area contributed by atoms with Crippen LogP contribution in [-0.4, -0.2) is 26.3 Å². The molecule has 2 N–H and O–H groups in total. The van der Waals surface area contributed by atoms with Crippen molar-refractivity contribution in [1.29, 1.82) is 0 Å². The summed E-state index contributed by atoms with van der Waals surface area (Å²) in [5.74, 6) is -0.966. The summed E-state index contributed by atoms with van der Waals surface area (Å²) in [6, 6.07) is 8.70. The maximum absolute atomic E-state index is 11.2. The number of pyridine rings is 1. The summed E-state index contributed by atoms with van der Waals surface area (Å²) in [5, 5.41) is 16.8. The molecule has 88 valence electrons. The van der Waals surface area contributed by atoms with Gasteiger partial charge in [0.15, 0.2) is 0 Å². The first-order valence-corrected chi connectivity index (χ1v) is 5.38. The molecule has 0 amide bonds. The fourth-order valence-electron chi connectivity index (χ4n) is 1.96. The Balaban J connectivity index is 2.35. The Hall–Kier alpha value is -2.69. The molecule has 0 saturated heterocycles. The van der Waals surface area contributed by atoms with Crippen molar-refractivity contribution in [3.63, 3.8) is 0 Å². The number of nitrogens with zero attached hydrogens (tertiary/aromatic N) is 2. The van der Waals surface area contributed by atoms with E-state index in [2.05, 4.69) is 15.2 Å². The van der Waals surface area contributed by atoms with E-state index in [1.54, 1.807) is 36.7 Å². The van der Waals surface area contributed by atoms with Gasteiger partial charge in [-0.3, -0.25) is 10.1 Å². The van der Waals surface area contributed by atoms with E-state index in [9.17, 15) is 9.90 Å². The highest BCUT2D eigenvalue weighted by molar-refractivity contribution is 6.08. The van der Waals surface area contributed by atoms with Gasteiger partial charge in [0.25, 0.3) is 0 Å². The molecule has 3 rings (SSSR count). The Kier molecular flexibility index (Phi) is 2.30. The third-order valence-corrected chi connectivity index (χ3v) is 2.75. The van der Waals surface area contributed by atoms with E-state index in [4.69, 9.17) is 0 Å². The van der Waals surface area contributed by atoms with Crippen molar-refractivity contribution in [2.45, 2.75) is 0 Å². The predicted molar refractivity (Wildman–Crippen MR) is 66.3 cm³/mol. The van der Waals surface area contributed by atoms with Gasteiger partial charge >= 0.3 is 5.97 Å². The minimum atomic E-state index is -0.966. The zero-order chi connectivity index (χ0) is 12.5. The van der Waals surface area contributed by atoms with E-state index in [-0.39, 0.29) is 5.56 Å². The number of H-pyrrole nitrogens is 1. The van der Waals surface area contributed by atoms with Crippen LogP contribution in [0.15, 0.2) is 42.7 Å². The molecule has 0 spiro atoms. The number of carbonyl (C=O) groups is 1. The molecule has 0 aliphatic carbocycles. The lowest BCUT2D eigenvalue weighted by Crippen LogP contribution is -1.97. The number of rotatable bonds is 2. The Morgan fingerprint density at radius 3 is 2.83 bits per heavy atom. The van der Waals surface area contributed by atoms with Crippen molar-refractivity contribution in [2.75, 3.05) is 0 Å². The first kappa shape index (κ1) is 10.5. The molecule has 18 heavy (non-hydrogen) atoms. The minimum Gasteiger partial charge on any atom is -0.478 e. The second kappa shape index (κ2) is 3.96. The first-order chi connectivity index (χ1) is 8.77. The highest BCUT2D eigenvalue weighted by Gasteiger charge is 2.15. The van der Waals surface area contributed by atoms with E-state index >= 15 is 0 Å². The zero-order valence-corrected chi connectivity index (χ0v) is 9.29. The molecule has 0 radical (unpaired) electrons. The molecule has 0 bridgehead atoms. The predicted octanol–water partition coefficient (Wildman–Crippen LogP) is 2.32. The number of nitrogens with one attached hydrogen (secondary N) is 1. The van der Waals surface area contributed by atoms with Gasteiger partial charge in [-0.1, -0.05) is 6.07 Å². The molecule has 0 fully saturated rings. The number of hydrogen-bond donors (Lipinski definition) is 2. The van der Waals surface area contributed by atoms with Gasteiger partial charge < -0.3 is 5.11 Å². The van der Waals surface area contributed by atoms with Crippen molar-refractivity contribution >= 4 is 16.9 Å². The van der Waals surface area contributed by atoms with Crippen LogP contribution in [0.2, 0.25) is 0 Å². The van der Waals surface area contributed by atoms with E-state index in [0.717, 1.165) is 5.56 Å². The largest absolute Gasteiger partial charge is 0.478 e. The van der Waals surface area contributed by atoms with Crippen LogP contribution in [0.25, 0.3) is 22.2 Å². The van der Waals surface area contributed by atoms with Crippen molar-refractivity contribution in [2.24, 2.45) is 0 Å². The summed E-state index contributed by atoms with van der Waals surface area (Å²) in [6.07, 6.45) is 3.32. The molecule has 0 unspecified atom stereocenters.